The van der Waals surface area contributed by atoms with E-state index in [-0.39, 0.29) is 18.2 Å². The smallest absolute Gasteiger partial charge is 0.410 e. The molecular weight excluding hydrogens is 314 g/mol. The van der Waals surface area contributed by atoms with Crippen molar-refractivity contribution < 1.29 is 14.3 Å². The van der Waals surface area contributed by atoms with E-state index in [0.717, 1.165) is 24.3 Å². The van der Waals surface area contributed by atoms with Gasteiger partial charge in [0.1, 0.15) is 5.60 Å². The highest BCUT2D eigenvalue weighted by Crippen LogP contribution is 2.25. The Morgan fingerprint density at radius 3 is 2.48 bits per heavy atom. The summed E-state index contributed by atoms with van der Waals surface area (Å²) in [7, 11) is 1.69. The van der Waals surface area contributed by atoms with Crippen molar-refractivity contribution in [2.75, 3.05) is 13.7 Å². The summed E-state index contributed by atoms with van der Waals surface area (Å²) in [6.45, 7) is 6.23. The summed E-state index contributed by atoms with van der Waals surface area (Å²) in [5, 5.41) is 0.723. The van der Waals surface area contributed by atoms with Crippen LogP contribution in [0, 0.1) is 0 Å². The highest BCUT2D eigenvalue weighted by atomic mass is 35.5. The molecule has 1 fully saturated rings. The molecule has 4 nitrogen and oxygen atoms in total. The van der Waals surface area contributed by atoms with E-state index in [2.05, 4.69) is 0 Å². The minimum absolute atomic E-state index is 0.0731. The zero-order chi connectivity index (χ0) is 17.0. The molecule has 1 heterocycles. The lowest BCUT2D eigenvalue weighted by Crippen LogP contribution is -2.51. The van der Waals surface area contributed by atoms with Gasteiger partial charge in [-0.25, -0.2) is 4.79 Å². The number of halogens is 1. The van der Waals surface area contributed by atoms with Crippen molar-refractivity contribution in [3.8, 4) is 0 Å². The van der Waals surface area contributed by atoms with Crippen LogP contribution in [-0.4, -0.2) is 42.4 Å². The SMILES string of the molecule is CO[C@@H]1CC[C@H](Cc2ccc(Cl)cc2)N(C(=O)OC(C)(C)C)C1. The van der Waals surface area contributed by atoms with Crippen LogP contribution in [0.5, 0.6) is 0 Å². The van der Waals surface area contributed by atoms with Crippen LogP contribution in [0.3, 0.4) is 0 Å². The van der Waals surface area contributed by atoms with Crippen molar-refractivity contribution in [3.05, 3.63) is 34.9 Å². The Morgan fingerprint density at radius 2 is 1.91 bits per heavy atom. The fourth-order valence-corrected chi connectivity index (χ4v) is 2.96. The van der Waals surface area contributed by atoms with Crippen LogP contribution in [0.2, 0.25) is 5.02 Å². The second-order valence-electron chi connectivity index (χ2n) is 7.05. The molecule has 0 N–H and O–H groups in total. The first-order valence-corrected chi connectivity index (χ1v) is 8.43. The third kappa shape index (κ3) is 5.40. The lowest BCUT2D eigenvalue weighted by atomic mass is 9.94. The first-order valence-electron chi connectivity index (χ1n) is 8.05. The number of carbonyl (C=O) groups is 1. The predicted molar refractivity (Wildman–Crippen MR) is 91.9 cm³/mol. The Labute approximate surface area is 143 Å². The number of rotatable bonds is 3. The summed E-state index contributed by atoms with van der Waals surface area (Å²) in [6.07, 6.45) is 2.46. The third-order valence-corrected chi connectivity index (χ3v) is 4.26. The fourth-order valence-electron chi connectivity index (χ4n) is 2.84. The number of likely N-dealkylation sites (tertiary alicyclic amines) is 1. The number of ether oxygens (including phenoxy) is 2. The molecule has 0 saturated carbocycles. The second-order valence-corrected chi connectivity index (χ2v) is 7.49. The topological polar surface area (TPSA) is 38.8 Å². The number of benzene rings is 1. The summed E-state index contributed by atoms with van der Waals surface area (Å²) in [4.78, 5) is 14.4. The van der Waals surface area contributed by atoms with E-state index in [0.29, 0.717) is 6.54 Å². The van der Waals surface area contributed by atoms with Gasteiger partial charge in [0.2, 0.25) is 0 Å². The molecular formula is C18H26ClNO3. The van der Waals surface area contributed by atoms with Crippen LogP contribution in [0.15, 0.2) is 24.3 Å². The van der Waals surface area contributed by atoms with E-state index >= 15 is 0 Å². The summed E-state index contributed by atoms with van der Waals surface area (Å²) in [5.74, 6) is 0. The molecule has 0 spiro atoms. The molecule has 0 bridgehead atoms. The number of hydrogen-bond acceptors (Lipinski definition) is 3. The quantitative estimate of drug-likeness (QED) is 0.824. The maximum Gasteiger partial charge on any atom is 0.410 e. The van der Waals surface area contributed by atoms with E-state index in [1.807, 2.05) is 49.9 Å². The van der Waals surface area contributed by atoms with Gasteiger partial charge in [-0.3, -0.25) is 0 Å². The minimum atomic E-state index is -0.498. The molecule has 5 heteroatoms. The number of hydrogen-bond donors (Lipinski definition) is 0. The van der Waals surface area contributed by atoms with Crippen LogP contribution in [0.25, 0.3) is 0 Å². The van der Waals surface area contributed by atoms with Gasteiger partial charge in [0.25, 0.3) is 0 Å². The molecule has 23 heavy (non-hydrogen) atoms. The monoisotopic (exact) mass is 339 g/mol. The predicted octanol–water partition coefficient (Wildman–Crippen LogP) is 4.30. The molecule has 1 aliphatic rings. The van der Waals surface area contributed by atoms with Crippen LogP contribution < -0.4 is 0 Å². The summed E-state index contributed by atoms with van der Waals surface area (Å²) >= 11 is 5.94. The molecule has 1 aromatic carbocycles. The zero-order valence-corrected chi connectivity index (χ0v) is 15.1. The number of amides is 1. The van der Waals surface area contributed by atoms with Gasteiger partial charge >= 0.3 is 6.09 Å². The Kier molecular flexibility index (Phi) is 5.93. The summed E-state index contributed by atoms with van der Waals surface area (Å²) in [6, 6.07) is 7.92. The van der Waals surface area contributed by atoms with Gasteiger partial charge in [0, 0.05) is 18.2 Å². The first kappa shape index (κ1) is 18.1. The van der Waals surface area contributed by atoms with E-state index in [9.17, 15) is 4.79 Å². The largest absolute Gasteiger partial charge is 0.444 e. The van der Waals surface area contributed by atoms with Gasteiger partial charge in [-0.1, -0.05) is 23.7 Å². The minimum Gasteiger partial charge on any atom is -0.444 e. The maximum absolute atomic E-state index is 12.6. The van der Waals surface area contributed by atoms with Crippen molar-refractivity contribution in [1.82, 2.24) is 4.90 Å². The van der Waals surface area contributed by atoms with E-state index < -0.39 is 5.60 Å². The van der Waals surface area contributed by atoms with Gasteiger partial charge < -0.3 is 14.4 Å². The average molecular weight is 340 g/mol. The highest BCUT2D eigenvalue weighted by Gasteiger charge is 2.34. The summed E-state index contributed by atoms with van der Waals surface area (Å²) < 4.78 is 11.0. The van der Waals surface area contributed by atoms with E-state index in [1.54, 1.807) is 7.11 Å². The van der Waals surface area contributed by atoms with E-state index in [4.69, 9.17) is 21.1 Å². The molecule has 0 aromatic heterocycles. The van der Waals surface area contributed by atoms with Crippen LogP contribution in [0.4, 0.5) is 4.79 Å². The number of piperidine rings is 1. The number of carbonyl (C=O) groups excluding carboxylic acids is 1. The molecule has 1 amide bonds. The van der Waals surface area contributed by atoms with Crippen molar-refractivity contribution in [2.45, 2.75) is 57.8 Å². The van der Waals surface area contributed by atoms with Gasteiger partial charge in [-0.05, 0) is 57.7 Å². The van der Waals surface area contributed by atoms with Gasteiger partial charge in [0.05, 0.1) is 12.6 Å². The zero-order valence-electron chi connectivity index (χ0n) is 14.3. The maximum atomic E-state index is 12.6. The molecule has 1 aromatic rings. The second kappa shape index (κ2) is 7.54. The Bertz CT molecular complexity index is 524. The molecule has 0 unspecified atom stereocenters. The average Bonchev–Trinajstić information content (AvgIpc) is 2.48. The third-order valence-electron chi connectivity index (χ3n) is 4.01. The first-order chi connectivity index (χ1) is 10.8. The summed E-state index contributed by atoms with van der Waals surface area (Å²) in [5.41, 5.74) is 0.672. The Balaban J connectivity index is 2.11. The van der Waals surface area contributed by atoms with Crippen LogP contribution in [-0.2, 0) is 15.9 Å². The van der Waals surface area contributed by atoms with Crippen LogP contribution in [0.1, 0.15) is 39.2 Å². The van der Waals surface area contributed by atoms with Crippen molar-refractivity contribution in [1.29, 1.82) is 0 Å². The van der Waals surface area contributed by atoms with Gasteiger partial charge in [-0.15, -0.1) is 0 Å². The Hall–Kier alpha value is -1.26. The standard InChI is InChI=1S/C18H26ClNO3/c1-18(2,3)23-17(21)20-12-16(22-4)10-9-15(20)11-13-5-7-14(19)8-6-13/h5-8,15-16H,9-12H2,1-4H3/t15-,16-/m1/s1. The molecule has 2 rings (SSSR count). The molecule has 0 radical (unpaired) electrons. The molecule has 1 saturated heterocycles. The molecule has 128 valence electrons. The van der Waals surface area contributed by atoms with Crippen molar-refractivity contribution in [3.63, 3.8) is 0 Å². The van der Waals surface area contributed by atoms with Crippen LogP contribution >= 0.6 is 11.6 Å². The normalized spacial score (nSPS) is 22.0. The van der Waals surface area contributed by atoms with E-state index in [1.165, 1.54) is 5.56 Å². The number of methoxy groups -OCH3 is 1. The molecule has 2 atom stereocenters. The van der Waals surface area contributed by atoms with Gasteiger partial charge in [0.15, 0.2) is 0 Å². The molecule has 1 aliphatic heterocycles. The van der Waals surface area contributed by atoms with Crippen molar-refractivity contribution in [2.24, 2.45) is 0 Å². The van der Waals surface area contributed by atoms with Gasteiger partial charge in [-0.2, -0.15) is 0 Å². The van der Waals surface area contributed by atoms with Crippen molar-refractivity contribution >= 4 is 17.7 Å². The Morgan fingerprint density at radius 1 is 1.26 bits per heavy atom. The number of nitrogens with zero attached hydrogens (tertiary/aromatic N) is 1. The highest BCUT2D eigenvalue weighted by molar-refractivity contribution is 6.30. The fraction of sp³-hybridized carbons (Fsp3) is 0.611. The lowest BCUT2D eigenvalue weighted by Gasteiger charge is -2.39. The molecule has 0 aliphatic carbocycles. The lowest BCUT2D eigenvalue weighted by molar-refractivity contribution is -0.0233.